The van der Waals surface area contributed by atoms with E-state index in [0.717, 1.165) is 59.8 Å². The number of hydrogen-bond donors (Lipinski definition) is 1. The van der Waals surface area contributed by atoms with E-state index in [9.17, 15) is 0 Å². The van der Waals surface area contributed by atoms with Gasteiger partial charge in [0, 0.05) is 66.7 Å². The molecular weight excluding hydrogens is 468 g/mol. The average molecular weight is 499 g/mol. The number of hydrogen-bond acceptors (Lipinski definition) is 7. The lowest BCUT2D eigenvalue weighted by Crippen LogP contribution is -2.24. The fourth-order valence-electron chi connectivity index (χ4n) is 4.24. The van der Waals surface area contributed by atoms with Crippen LogP contribution in [0.3, 0.4) is 0 Å². The van der Waals surface area contributed by atoms with Gasteiger partial charge < -0.3 is 23.7 Å². The van der Waals surface area contributed by atoms with Crippen molar-refractivity contribution in [3.8, 4) is 23.2 Å². The SMILES string of the molecule is C[C@H](OC1CCCCO1)c1nccn1Cc1cc(-c2ccc(C#Cc3ccc(CCO)nc3)cc2)on1. The largest absolute Gasteiger partial charge is 0.396 e. The molecule has 0 bridgehead atoms. The van der Waals surface area contributed by atoms with Crippen molar-refractivity contribution in [2.45, 2.75) is 51.5 Å². The summed E-state index contributed by atoms with van der Waals surface area (Å²) in [4.78, 5) is 8.81. The highest BCUT2D eigenvalue weighted by Crippen LogP contribution is 2.25. The van der Waals surface area contributed by atoms with Crippen LogP contribution < -0.4 is 0 Å². The quantitative estimate of drug-likeness (QED) is 0.357. The number of nitrogens with zero attached hydrogens (tertiary/aromatic N) is 4. The number of aromatic nitrogens is 4. The molecule has 0 radical (unpaired) electrons. The second kappa shape index (κ2) is 12.0. The van der Waals surface area contributed by atoms with E-state index in [2.05, 4.69) is 27.0 Å². The van der Waals surface area contributed by atoms with E-state index < -0.39 is 0 Å². The Kier molecular flexibility index (Phi) is 8.06. The maximum atomic E-state index is 9.00. The Morgan fingerprint density at radius 1 is 1.08 bits per heavy atom. The molecule has 1 unspecified atom stereocenters. The van der Waals surface area contributed by atoms with Crippen LogP contribution in [0.4, 0.5) is 0 Å². The Balaban J connectivity index is 1.21. The molecule has 190 valence electrons. The van der Waals surface area contributed by atoms with Crippen molar-refractivity contribution in [3.63, 3.8) is 0 Å². The molecule has 3 aromatic heterocycles. The minimum absolute atomic E-state index is 0.0893. The summed E-state index contributed by atoms with van der Waals surface area (Å²) < 4.78 is 19.5. The molecule has 0 saturated carbocycles. The van der Waals surface area contributed by atoms with Crippen LogP contribution in [0.15, 0.2) is 65.6 Å². The molecule has 4 aromatic rings. The Bertz CT molecular complexity index is 1340. The molecule has 4 heterocycles. The molecule has 1 saturated heterocycles. The van der Waals surface area contributed by atoms with Gasteiger partial charge >= 0.3 is 0 Å². The van der Waals surface area contributed by atoms with E-state index in [4.69, 9.17) is 19.1 Å². The fourth-order valence-corrected chi connectivity index (χ4v) is 4.24. The van der Waals surface area contributed by atoms with Crippen molar-refractivity contribution < 1.29 is 19.1 Å². The van der Waals surface area contributed by atoms with Crippen molar-refractivity contribution in [1.29, 1.82) is 0 Å². The topological polar surface area (TPSA) is 95.4 Å². The highest BCUT2D eigenvalue weighted by Gasteiger charge is 2.21. The van der Waals surface area contributed by atoms with Gasteiger partial charge in [0.15, 0.2) is 12.1 Å². The van der Waals surface area contributed by atoms with Crippen LogP contribution >= 0.6 is 0 Å². The van der Waals surface area contributed by atoms with Crippen LogP contribution in [0.2, 0.25) is 0 Å². The molecule has 1 aliphatic rings. The predicted molar refractivity (Wildman–Crippen MR) is 137 cm³/mol. The zero-order valence-corrected chi connectivity index (χ0v) is 20.8. The van der Waals surface area contributed by atoms with Crippen LogP contribution in [0.25, 0.3) is 11.3 Å². The Hall–Kier alpha value is -3.77. The summed E-state index contributed by atoms with van der Waals surface area (Å²) in [5, 5.41) is 13.3. The zero-order chi connectivity index (χ0) is 25.5. The molecule has 8 nitrogen and oxygen atoms in total. The normalized spacial score (nSPS) is 16.2. The molecule has 2 atom stereocenters. The molecule has 1 aliphatic heterocycles. The molecule has 1 aromatic carbocycles. The highest BCUT2D eigenvalue weighted by atomic mass is 16.7. The molecule has 37 heavy (non-hydrogen) atoms. The van der Waals surface area contributed by atoms with Gasteiger partial charge in [-0.25, -0.2) is 4.98 Å². The summed E-state index contributed by atoms with van der Waals surface area (Å²) >= 11 is 0. The van der Waals surface area contributed by atoms with Gasteiger partial charge in [-0.05, 0) is 62.6 Å². The van der Waals surface area contributed by atoms with E-state index in [-0.39, 0.29) is 19.0 Å². The van der Waals surface area contributed by atoms with E-state index in [1.807, 2.05) is 60.2 Å². The summed E-state index contributed by atoms with van der Waals surface area (Å²) in [6, 6.07) is 13.6. The first-order valence-corrected chi connectivity index (χ1v) is 12.6. The van der Waals surface area contributed by atoms with Gasteiger partial charge in [-0.15, -0.1) is 0 Å². The minimum atomic E-state index is -0.188. The Labute approximate surface area is 216 Å². The van der Waals surface area contributed by atoms with Gasteiger partial charge in [0.05, 0.1) is 6.54 Å². The summed E-state index contributed by atoms with van der Waals surface area (Å²) in [6.45, 7) is 3.37. The average Bonchev–Trinajstić information content (AvgIpc) is 3.60. The third kappa shape index (κ3) is 6.52. The van der Waals surface area contributed by atoms with Gasteiger partial charge in [-0.1, -0.05) is 17.0 Å². The fraction of sp³-hybridized carbons (Fsp3) is 0.345. The Morgan fingerprint density at radius 2 is 1.92 bits per heavy atom. The van der Waals surface area contributed by atoms with Gasteiger partial charge in [-0.2, -0.15) is 0 Å². The molecule has 5 rings (SSSR count). The number of ether oxygens (including phenoxy) is 2. The molecule has 0 amide bonds. The van der Waals surface area contributed by atoms with Crippen LogP contribution in [0, 0.1) is 11.8 Å². The molecule has 8 heteroatoms. The lowest BCUT2D eigenvalue weighted by molar-refractivity contribution is -0.188. The first-order chi connectivity index (χ1) is 18.2. The lowest BCUT2D eigenvalue weighted by atomic mass is 10.1. The summed E-state index contributed by atoms with van der Waals surface area (Å²) in [5.74, 6) is 7.80. The second-order valence-corrected chi connectivity index (χ2v) is 9.01. The van der Waals surface area contributed by atoms with Gasteiger partial charge in [-0.3, -0.25) is 4.98 Å². The smallest absolute Gasteiger partial charge is 0.167 e. The minimum Gasteiger partial charge on any atom is -0.396 e. The standard InChI is InChI=1S/C29H30N4O4/c1-21(36-28-4-2-3-17-35-28)29-30-14-15-33(29)20-26-18-27(37-32-26)24-10-7-22(8-11-24)5-6-23-9-12-25(13-16-34)31-19-23/h7-12,14-15,18-19,21,28,34H,2-4,13,16-17,20H2,1H3/t21-,28?/m0/s1. The molecular formula is C29H30N4O4. The van der Waals surface area contributed by atoms with E-state index in [0.29, 0.717) is 18.7 Å². The van der Waals surface area contributed by atoms with Crippen LogP contribution in [-0.2, 0) is 22.4 Å². The summed E-state index contributed by atoms with van der Waals surface area (Å²) in [7, 11) is 0. The number of rotatable bonds is 8. The Morgan fingerprint density at radius 3 is 2.68 bits per heavy atom. The summed E-state index contributed by atoms with van der Waals surface area (Å²) in [6.07, 6.45) is 8.74. The number of benzene rings is 1. The number of imidazole rings is 1. The first-order valence-electron chi connectivity index (χ1n) is 12.6. The van der Waals surface area contributed by atoms with E-state index >= 15 is 0 Å². The number of aliphatic hydroxyl groups is 1. The van der Waals surface area contributed by atoms with Crippen LogP contribution in [0.5, 0.6) is 0 Å². The maximum Gasteiger partial charge on any atom is 0.167 e. The predicted octanol–water partition coefficient (Wildman–Crippen LogP) is 4.52. The highest BCUT2D eigenvalue weighted by molar-refractivity contribution is 5.59. The van der Waals surface area contributed by atoms with E-state index in [1.165, 1.54) is 0 Å². The van der Waals surface area contributed by atoms with Crippen molar-refractivity contribution in [2.24, 2.45) is 0 Å². The van der Waals surface area contributed by atoms with Crippen molar-refractivity contribution in [1.82, 2.24) is 19.7 Å². The number of pyridine rings is 1. The third-order valence-corrected chi connectivity index (χ3v) is 6.21. The monoisotopic (exact) mass is 498 g/mol. The maximum absolute atomic E-state index is 9.00. The number of aliphatic hydroxyl groups excluding tert-OH is 1. The van der Waals surface area contributed by atoms with Crippen molar-refractivity contribution in [3.05, 3.63) is 89.4 Å². The van der Waals surface area contributed by atoms with E-state index in [1.54, 1.807) is 12.4 Å². The van der Waals surface area contributed by atoms with Gasteiger partial charge in [0.2, 0.25) is 0 Å². The van der Waals surface area contributed by atoms with Gasteiger partial charge in [0.1, 0.15) is 17.6 Å². The van der Waals surface area contributed by atoms with Gasteiger partial charge in [0.25, 0.3) is 0 Å². The molecule has 0 aliphatic carbocycles. The molecule has 0 spiro atoms. The van der Waals surface area contributed by atoms with Crippen molar-refractivity contribution >= 4 is 0 Å². The van der Waals surface area contributed by atoms with Crippen LogP contribution in [-0.4, -0.2) is 44.3 Å². The zero-order valence-electron chi connectivity index (χ0n) is 20.8. The van der Waals surface area contributed by atoms with Crippen LogP contribution in [0.1, 0.15) is 60.6 Å². The van der Waals surface area contributed by atoms with Crippen molar-refractivity contribution in [2.75, 3.05) is 13.2 Å². The first kappa shape index (κ1) is 24.9. The lowest BCUT2D eigenvalue weighted by Gasteiger charge is -2.26. The second-order valence-electron chi connectivity index (χ2n) is 9.01. The molecule has 1 fully saturated rings. The molecule has 1 N–H and O–H groups in total. The third-order valence-electron chi connectivity index (χ3n) is 6.21. The summed E-state index contributed by atoms with van der Waals surface area (Å²) in [5.41, 5.74) is 4.30.